The zero-order valence-corrected chi connectivity index (χ0v) is 13.7. The minimum atomic E-state index is 0.811. The smallest absolute Gasteiger partial charge is 0.157 e. The molecule has 0 saturated carbocycles. The Balaban J connectivity index is 1.66. The zero-order valence-electron chi connectivity index (χ0n) is 13.7. The SMILES string of the molecule is Cc1ccccc1-c1ccc2nc(-c3[nH]nc4ccccc34)[nH]c2c1. The molecule has 2 heterocycles. The van der Waals surface area contributed by atoms with E-state index in [1.54, 1.807) is 0 Å². The van der Waals surface area contributed by atoms with Crippen LogP contribution in [0.4, 0.5) is 0 Å². The van der Waals surface area contributed by atoms with Crippen molar-refractivity contribution in [3.8, 4) is 22.6 Å². The van der Waals surface area contributed by atoms with E-state index >= 15 is 0 Å². The highest BCUT2D eigenvalue weighted by Gasteiger charge is 2.12. The second-order valence-corrected chi connectivity index (χ2v) is 6.25. The summed E-state index contributed by atoms with van der Waals surface area (Å²) < 4.78 is 0. The fraction of sp³-hybridized carbons (Fsp3) is 0.0476. The second kappa shape index (κ2) is 5.31. The van der Waals surface area contributed by atoms with Gasteiger partial charge in [0, 0.05) is 5.39 Å². The lowest BCUT2D eigenvalue weighted by molar-refractivity contribution is 1.11. The number of nitrogens with one attached hydrogen (secondary N) is 2. The summed E-state index contributed by atoms with van der Waals surface area (Å²) in [5.74, 6) is 0.811. The summed E-state index contributed by atoms with van der Waals surface area (Å²) in [4.78, 5) is 8.17. The van der Waals surface area contributed by atoms with Gasteiger partial charge in [0.1, 0.15) is 5.69 Å². The third-order valence-electron chi connectivity index (χ3n) is 4.64. The van der Waals surface area contributed by atoms with Crippen molar-refractivity contribution in [1.29, 1.82) is 0 Å². The number of hydrogen-bond donors (Lipinski definition) is 2. The van der Waals surface area contributed by atoms with Crippen LogP contribution in [0.3, 0.4) is 0 Å². The highest BCUT2D eigenvalue weighted by molar-refractivity contribution is 5.93. The van der Waals surface area contributed by atoms with Crippen LogP contribution in [-0.4, -0.2) is 20.2 Å². The predicted molar refractivity (Wildman–Crippen MR) is 101 cm³/mol. The lowest BCUT2D eigenvalue weighted by Gasteiger charge is -2.05. The molecule has 5 aromatic rings. The zero-order chi connectivity index (χ0) is 16.8. The highest BCUT2D eigenvalue weighted by Crippen LogP contribution is 2.29. The molecule has 2 N–H and O–H groups in total. The molecule has 0 bridgehead atoms. The summed E-state index contributed by atoms with van der Waals surface area (Å²) in [6.07, 6.45) is 0. The van der Waals surface area contributed by atoms with E-state index in [1.165, 1.54) is 16.7 Å². The van der Waals surface area contributed by atoms with Crippen molar-refractivity contribution in [3.05, 3.63) is 72.3 Å². The lowest BCUT2D eigenvalue weighted by atomic mass is 10.0. The van der Waals surface area contributed by atoms with Gasteiger partial charge in [-0.1, -0.05) is 48.5 Å². The van der Waals surface area contributed by atoms with Crippen molar-refractivity contribution < 1.29 is 0 Å². The molecule has 25 heavy (non-hydrogen) atoms. The predicted octanol–water partition coefficient (Wildman–Crippen LogP) is 5.08. The number of aryl methyl sites for hydroxylation is 1. The molecule has 0 aliphatic heterocycles. The van der Waals surface area contributed by atoms with Crippen molar-refractivity contribution in [2.45, 2.75) is 6.92 Å². The van der Waals surface area contributed by atoms with Crippen LogP contribution < -0.4 is 0 Å². The van der Waals surface area contributed by atoms with Gasteiger partial charge in [0.15, 0.2) is 5.82 Å². The molecule has 3 aromatic carbocycles. The van der Waals surface area contributed by atoms with Gasteiger partial charge >= 0.3 is 0 Å². The summed E-state index contributed by atoms with van der Waals surface area (Å²) in [5.41, 5.74) is 7.53. The minimum Gasteiger partial charge on any atom is -0.337 e. The molecule has 0 spiro atoms. The van der Waals surface area contributed by atoms with E-state index in [4.69, 9.17) is 4.98 Å². The largest absolute Gasteiger partial charge is 0.337 e. The first-order valence-corrected chi connectivity index (χ1v) is 8.29. The number of benzene rings is 3. The fourth-order valence-electron chi connectivity index (χ4n) is 3.33. The van der Waals surface area contributed by atoms with Crippen LogP contribution in [0, 0.1) is 6.92 Å². The van der Waals surface area contributed by atoms with Crippen LogP contribution in [0.5, 0.6) is 0 Å². The van der Waals surface area contributed by atoms with Crippen molar-refractivity contribution in [3.63, 3.8) is 0 Å². The Hall–Kier alpha value is -3.40. The van der Waals surface area contributed by atoms with Crippen molar-refractivity contribution >= 4 is 21.9 Å². The van der Waals surface area contributed by atoms with Crippen LogP contribution in [0.1, 0.15) is 5.56 Å². The van der Waals surface area contributed by atoms with Crippen molar-refractivity contribution in [2.75, 3.05) is 0 Å². The standard InChI is InChI=1S/C21H16N4/c1-13-6-2-3-7-15(13)14-10-11-18-19(12-14)23-21(22-18)20-16-8-4-5-9-17(16)24-25-20/h2-12H,1H3,(H,22,23)(H,24,25). The van der Waals surface area contributed by atoms with E-state index in [0.717, 1.165) is 33.5 Å². The third-order valence-corrected chi connectivity index (χ3v) is 4.64. The minimum absolute atomic E-state index is 0.811. The molecule has 0 radical (unpaired) electrons. The number of hydrogen-bond acceptors (Lipinski definition) is 2. The maximum absolute atomic E-state index is 4.74. The summed E-state index contributed by atoms with van der Waals surface area (Å²) in [6.45, 7) is 2.13. The van der Waals surface area contributed by atoms with Crippen LogP contribution in [-0.2, 0) is 0 Å². The maximum atomic E-state index is 4.74. The van der Waals surface area contributed by atoms with Gasteiger partial charge in [0.2, 0.25) is 0 Å². The molecule has 4 heteroatoms. The summed E-state index contributed by atoms with van der Waals surface area (Å²) >= 11 is 0. The normalized spacial score (nSPS) is 11.4. The highest BCUT2D eigenvalue weighted by atomic mass is 15.1. The number of aromatic nitrogens is 4. The molecule has 0 unspecified atom stereocenters. The van der Waals surface area contributed by atoms with Crippen molar-refractivity contribution in [1.82, 2.24) is 20.2 Å². The molecule has 0 aliphatic carbocycles. The lowest BCUT2D eigenvalue weighted by Crippen LogP contribution is -1.82. The van der Waals surface area contributed by atoms with Crippen LogP contribution in [0.15, 0.2) is 66.7 Å². The van der Waals surface area contributed by atoms with E-state index < -0.39 is 0 Å². The Morgan fingerprint density at radius 1 is 0.840 bits per heavy atom. The van der Waals surface area contributed by atoms with Gasteiger partial charge in [0.05, 0.1) is 16.6 Å². The number of aromatic amines is 2. The van der Waals surface area contributed by atoms with Gasteiger partial charge < -0.3 is 4.98 Å². The van der Waals surface area contributed by atoms with Crippen LogP contribution in [0.2, 0.25) is 0 Å². The van der Waals surface area contributed by atoms with E-state index in [1.807, 2.05) is 18.2 Å². The first-order chi connectivity index (χ1) is 12.3. The van der Waals surface area contributed by atoms with Gasteiger partial charge in [0.25, 0.3) is 0 Å². The van der Waals surface area contributed by atoms with E-state index in [2.05, 4.69) is 70.6 Å². The number of H-pyrrole nitrogens is 2. The molecule has 0 atom stereocenters. The summed E-state index contributed by atoms with van der Waals surface area (Å²) in [7, 11) is 0. The van der Waals surface area contributed by atoms with E-state index in [9.17, 15) is 0 Å². The maximum Gasteiger partial charge on any atom is 0.157 e. The van der Waals surface area contributed by atoms with E-state index in [0.29, 0.717) is 0 Å². The van der Waals surface area contributed by atoms with Gasteiger partial charge in [-0.05, 0) is 41.8 Å². The van der Waals surface area contributed by atoms with Gasteiger partial charge in [-0.15, -0.1) is 0 Å². The second-order valence-electron chi connectivity index (χ2n) is 6.25. The van der Waals surface area contributed by atoms with E-state index in [-0.39, 0.29) is 0 Å². The van der Waals surface area contributed by atoms with Crippen LogP contribution in [0.25, 0.3) is 44.6 Å². The molecule has 0 saturated heterocycles. The first kappa shape index (κ1) is 14.0. The number of imidazole rings is 1. The molecular weight excluding hydrogens is 308 g/mol. The van der Waals surface area contributed by atoms with Gasteiger partial charge in [-0.25, -0.2) is 4.98 Å². The Kier molecular flexibility index (Phi) is 2.97. The molecule has 0 fully saturated rings. The Labute approximate surface area is 144 Å². The molecule has 4 nitrogen and oxygen atoms in total. The molecule has 120 valence electrons. The molecule has 2 aromatic heterocycles. The average Bonchev–Trinajstić information content (AvgIpc) is 3.25. The Morgan fingerprint density at radius 2 is 1.68 bits per heavy atom. The Bertz CT molecular complexity index is 1210. The average molecular weight is 324 g/mol. The van der Waals surface area contributed by atoms with Gasteiger partial charge in [-0.2, -0.15) is 5.10 Å². The number of rotatable bonds is 2. The number of fused-ring (bicyclic) bond motifs is 2. The molecule has 0 amide bonds. The van der Waals surface area contributed by atoms with Crippen LogP contribution >= 0.6 is 0 Å². The Morgan fingerprint density at radius 3 is 2.60 bits per heavy atom. The quantitative estimate of drug-likeness (QED) is 0.475. The summed E-state index contributed by atoms with van der Waals surface area (Å²) in [6, 6.07) is 22.8. The fourth-order valence-corrected chi connectivity index (χ4v) is 3.33. The number of nitrogens with zero attached hydrogens (tertiary/aromatic N) is 2. The first-order valence-electron chi connectivity index (χ1n) is 8.29. The monoisotopic (exact) mass is 324 g/mol. The van der Waals surface area contributed by atoms with Gasteiger partial charge in [-0.3, -0.25) is 5.10 Å². The van der Waals surface area contributed by atoms with Crippen molar-refractivity contribution in [2.24, 2.45) is 0 Å². The molecular formula is C21H16N4. The third kappa shape index (κ3) is 2.22. The molecule has 0 aliphatic rings. The number of para-hydroxylation sites is 1. The molecule has 5 rings (SSSR count). The topological polar surface area (TPSA) is 57.4 Å². The summed E-state index contributed by atoms with van der Waals surface area (Å²) in [5, 5.41) is 8.53.